The molecule has 0 unspecified atom stereocenters. The lowest BCUT2D eigenvalue weighted by molar-refractivity contribution is -0.266. The van der Waals surface area contributed by atoms with Crippen LogP contribution in [0.3, 0.4) is 0 Å². The minimum absolute atomic E-state index is 0.00745. The summed E-state index contributed by atoms with van der Waals surface area (Å²) in [7, 11) is 0. The predicted octanol–water partition coefficient (Wildman–Crippen LogP) is 3.02. The summed E-state index contributed by atoms with van der Waals surface area (Å²) in [4.78, 5) is 49.4. The quantitative estimate of drug-likeness (QED) is 0.0687. The molecule has 54 heavy (non-hydrogen) atoms. The van der Waals surface area contributed by atoms with Crippen molar-refractivity contribution in [2.45, 2.75) is 129 Å². The highest BCUT2D eigenvalue weighted by Crippen LogP contribution is 2.31. The molecule has 3 rings (SSSR count). The van der Waals surface area contributed by atoms with E-state index in [0.29, 0.717) is 30.8 Å². The Hall–Kier alpha value is -4.24. The molecule has 3 amide bonds. The summed E-state index contributed by atoms with van der Waals surface area (Å²) >= 11 is 0. The van der Waals surface area contributed by atoms with Crippen molar-refractivity contribution in [3.05, 3.63) is 59.2 Å². The van der Waals surface area contributed by atoms with E-state index in [4.69, 9.17) is 14.2 Å². The van der Waals surface area contributed by atoms with Gasteiger partial charge < -0.3 is 50.8 Å². The summed E-state index contributed by atoms with van der Waals surface area (Å²) in [5, 5.41) is 43.4. The van der Waals surface area contributed by atoms with Crippen LogP contribution in [0.2, 0.25) is 0 Å². The van der Waals surface area contributed by atoms with Crippen molar-refractivity contribution in [1.82, 2.24) is 16.0 Å². The molecule has 7 N–H and O–H groups in total. The van der Waals surface area contributed by atoms with Crippen molar-refractivity contribution in [3.63, 3.8) is 0 Å². The normalized spacial score (nSPS) is 19.6. The first kappa shape index (κ1) is 44.2. The van der Waals surface area contributed by atoms with Crippen LogP contribution >= 0.6 is 0 Å². The molecule has 0 aliphatic carbocycles. The lowest BCUT2D eigenvalue weighted by Gasteiger charge is -2.39. The van der Waals surface area contributed by atoms with Crippen LogP contribution in [-0.2, 0) is 41.7 Å². The lowest BCUT2D eigenvalue weighted by Crippen LogP contribution is -2.62. The highest BCUT2D eigenvalue weighted by atomic mass is 16.7. The fourth-order valence-electron chi connectivity index (χ4n) is 5.62. The lowest BCUT2D eigenvalue weighted by atomic mass is 9.98. The topological polar surface area (TPSA) is 205 Å². The first-order valence-corrected chi connectivity index (χ1v) is 19.0. The Bertz CT molecular complexity index is 1490. The SMILES string of the molecule is Cc1ccc(CCCCC(=O)NCCCCCNC(=O)CCNC(=O)[C@H]2O[C@@H](Oc3cc(COC(=O)C(C)C)ccc3NC(C)C)[C@H](O)[C@@H](O)[C@@H]2O)cc1. The van der Waals surface area contributed by atoms with Gasteiger partial charge in [-0.1, -0.05) is 49.7 Å². The Morgan fingerprint density at radius 2 is 1.39 bits per heavy atom. The van der Waals surface area contributed by atoms with Crippen LogP contribution in [-0.4, -0.2) is 95.4 Å². The number of unbranched alkanes of at least 4 members (excludes halogenated alkanes) is 3. The van der Waals surface area contributed by atoms with Gasteiger partial charge in [-0.2, -0.15) is 0 Å². The molecule has 0 aromatic heterocycles. The minimum atomic E-state index is -1.78. The van der Waals surface area contributed by atoms with Gasteiger partial charge >= 0.3 is 5.97 Å². The van der Waals surface area contributed by atoms with Gasteiger partial charge in [0.1, 0.15) is 30.7 Å². The van der Waals surface area contributed by atoms with Crippen molar-refractivity contribution in [1.29, 1.82) is 0 Å². The van der Waals surface area contributed by atoms with E-state index in [0.717, 1.165) is 38.5 Å². The predicted molar refractivity (Wildman–Crippen MR) is 203 cm³/mol. The van der Waals surface area contributed by atoms with Crippen molar-refractivity contribution < 1.29 is 48.7 Å². The second kappa shape index (κ2) is 22.9. The Morgan fingerprint density at radius 1 is 0.741 bits per heavy atom. The van der Waals surface area contributed by atoms with Gasteiger partial charge in [0.2, 0.25) is 18.1 Å². The zero-order chi connectivity index (χ0) is 39.6. The molecule has 0 bridgehead atoms. The second-order valence-corrected chi connectivity index (χ2v) is 14.4. The van der Waals surface area contributed by atoms with Gasteiger partial charge in [0.25, 0.3) is 5.91 Å². The number of benzene rings is 2. The number of aliphatic hydroxyl groups excluding tert-OH is 3. The van der Waals surface area contributed by atoms with Crippen LogP contribution < -0.4 is 26.0 Å². The Kier molecular flexibility index (Phi) is 18.7. The first-order valence-electron chi connectivity index (χ1n) is 19.0. The summed E-state index contributed by atoms with van der Waals surface area (Å²) in [6.45, 7) is 10.3. The highest BCUT2D eigenvalue weighted by molar-refractivity contribution is 5.83. The number of carbonyl (C=O) groups excluding carboxylic acids is 4. The minimum Gasteiger partial charge on any atom is -0.461 e. The molecule has 1 saturated heterocycles. The summed E-state index contributed by atoms with van der Waals surface area (Å²) < 4.78 is 16.9. The number of esters is 1. The molecular weight excluding hydrogens is 696 g/mol. The van der Waals surface area contributed by atoms with E-state index in [-0.39, 0.29) is 55.1 Å². The van der Waals surface area contributed by atoms with Crippen LogP contribution in [0.4, 0.5) is 5.69 Å². The van der Waals surface area contributed by atoms with E-state index in [9.17, 15) is 34.5 Å². The number of hydrogen-bond acceptors (Lipinski definition) is 11. The van der Waals surface area contributed by atoms with E-state index in [1.165, 1.54) is 11.1 Å². The largest absolute Gasteiger partial charge is 0.461 e. The number of nitrogens with one attached hydrogen (secondary N) is 4. The van der Waals surface area contributed by atoms with Crippen LogP contribution in [0.5, 0.6) is 5.75 Å². The number of amides is 3. The van der Waals surface area contributed by atoms with Gasteiger partial charge in [-0.05, 0) is 82.6 Å². The van der Waals surface area contributed by atoms with Crippen molar-refractivity contribution >= 4 is 29.4 Å². The van der Waals surface area contributed by atoms with E-state index in [1.54, 1.807) is 32.0 Å². The molecular formula is C40H60N4O10. The number of rotatable bonds is 22. The van der Waals surface area contributed by atoms with E-state index in [1.807, 2.05) is 13.8 Å². The van der Waals surface area contributed by atoms with Gasteiger partial charge in [0.15, 0.2) is 6.10 Å². The van der Waals surface area contributed by atoms with Crippen LogP contribution in [0, 0.1) is 12.8 Å². The number of hydrogen-bond donors (Lipinski definition) is 7. The average Bonchev–Trinajstić information content (AvgIpc) is 3.13. The highest BCUT2D eigenvalue weighted by Gasteiger charge is 2.48. The molecule has 1 heterocycles. The smallest absolute Gasteiger partial charge is 0.308 e. The number of ether oxygens (including phenoxy) is 3. The van der Waals surface area contributed by atoms with Crippen LogP contribution in [0.1, 0.15) is 89.3 Å². The Morgan fingerprint density at radius 3 is 2.04 bits per heavy atom. The molecule has 14 heteroatoms. The fourth-order valence-corrected chi connectivity index (χ4v) is 5.62. The third-order valence-corrected chi connectivity index (χ3v) is 8.80. The standard InChI is InChI=1S/C40H60N4O10/c1-25(2)39(51)52-24-29-17-18-30(44-26(3)4)31(23-29)53-40-36(49)34(47)35(48)37(54-40)38(50)43-22-19-33(46)42-21-10-6-9-20-41-32(45)12-8-7-11-28-15-13-27(5)14-16-28/h13-18,23,25-26,34-37,40,44,47-49H,6-12,19-22,24H2,1-5H3,(H,41,45)(H,42,46)(H,43,50)/t34-,35-,36+,37-,40+/m0/s1. The van der Waals surface area contributed by atoms with Gasteiger partial charge in [-0.3, -0.25) is 19.2 Å². The second-order valence-electron chi connectivity index (χ2n) is 14.4. The molecule has 2 aromatic carbocycles. The van der Waals surface area contributed by atoms with E-state index >= 15 is 0 Å². The first-order chi connectivity index (χ1) is 25.7. The van der Waals surface area contributed by atoms with Crippen LogP contribution in [0.25, 0.3) is 0 Å². The number of aryl methyl sites for hydroxylation is 2. The maximum absolute atomic E-state index is 13.0. The summed E-state index contributed by atoms with van der Waals surface area (Å²) in [5.74, 6) is -1.50. The van der Waals surface area contributed by atoms with E-state index < -0.39 is 36.6 Å². The summed E-state index contributed by atoms with van der Waals surface area (Å²) in [6.07, 6.45) is -2.81. The van der Waals surface area contributed by atoms with Gasteiger partial charge in [-0.15, -0.1) is 0 Å². The van der Waals surface area contributed by atoms with Crippen molar-refractivity contribution in [2.75, 3.05) is 25.0 Å². The zero-order valence-corrected chi connectivity index (χ0v) is 32.3. The molecule has 0 radical (unpaired) electrons. The number of anilines is 1. The molecule has 300 valence electrons. The Labute approximate surface area is 318 Å². The monoisotopic (exact) mass is 756 g/mol. The molecule has 1 aliphatic rings. The van der Waals surface area contributed by atoms with Crippen molar-refractivity contribution in [2.24, 2.45) is 5.92 Å². The third kappa shape index (κ3) is 15.2. The molecule has 0 spiro atoms. The van der Waals surface area contributed by atoms with Gasteiger partial charge in [0.05, 0.1) is 11.6 Å². The maximum atomic E-state index is 13.0. The molecule has 2 aromatic rings. The number of carbonyl (C=O) groups is 4. The zero-order valence-electron chi connectivity index (χ0n) is 32.3. The molecule has 1 aliphatic heterocycles. The average molecular weight is 757 g/mol. The summed E-state index contributed by atoms with van der Waals surface area (Å²) in [6, 6.07) is 13.5. The van der Waals surface area contributed by atoms with Crippen molar-refractivity contribution in [3.8, 4) is 5.75 Å². The fraction of sp³-hybridized carbons (Fsp3) is 0.600. The van der Waals surface area contributed by atoms with E-state index in [2.05, 4.69) is 52.5 Å². The van der Waals surface area contributed by atoms with Gasteiger partial charge in [-0.25, -0.2) is 0 Å². The third-order valence-electron chi connectivity index (χ3n) is 8.80. The molecule has 1 fully saturated rings. The Balaban J connectivity index is 1.36. The van der Waals surface area contributed by atoms with Crippen LogP contribution in [0.15, 0.2) is 42.5 Å². The number of aliphatic hydroxyl groups is 3. The molecule has 5 atom stereocenters. The van der Waals surface area contributed by atoms with Gasteiger partial charge in [0, 0.05) is 38.5 Å². The molecule has 14 nitrogen and oxygen atoms in total. The maximum Gasteiger partial charge on any atom is 0.308 e. The summed E-state index contributed by atoms with van der Waals surface area (Å²) in [5.41, 5.74) is 3.63. The molecule has 0 saturated carbocycles.